The van der Waals surface area contributed by atoms with E-state index in [9.17, 15) is 22.8 Å². The number of thiocarbonyl (C=S) groups is 1. The number of hydrogen-bond donors (Lipinski definition) is 2. The van der Waals surface area contributed by atoms with Gasteiger partial charge in [0.2, 0.25) is 0 Å². The highest BCUT2D eigenvalue weighted by Gasteiger charge is 2.41. The number of halogens is 3. The average molecular weight is 416 g/mol. The van der Waals surface area contributed by atoms with E-state index in [1.165, 1.54) is 13.0 Å². The summed E-state index contributed by atoms with van der Waals surface area (Å²) < 4.78 is 46.4. The van der Waals surface area contributed by atoms with E-state index in [0.717, 1.165) is 11.0 Å². The zero-order valence-corrected chi connectivity index (χ0v) is 15.9. The van der Waals surface area contributed by atoms with E-state index in [1.54, 1.807) is 0 Å². The van der Waals surface area contributed by atoms with Crippen molar-refractivity contribution in [1.82, 2.24) is 20.4 Å². The molecule has 0 aliphatic carbocycles. The number of nitrogens with one attached hydrogen (secondary N) is 2. The molecule has 0 aromatic heterocycles. The average Bonchev–Trinajstić information content (AvgIpc) is 2.59. The minimum absolute atomic E-state index is 0.107. The fourth-order valence-electron chi connectivity index (χ4n) is 3.23. The molecule has 28 heavy (non-hydrogen) atoms. The lowest BCUT2D eigenvalue weighted by atomic mass is 9.99. The van der Waals surface area contributed by atoms with Crippen LogP contribution in [0, 0.1) is 0 Å². The Bertz CT molecular complexity index is 776. The van der Waals surface area contributed by atoms with Crippen molar-refractivity contribution < 1.29 is 27.5 Å². The van der Waals surface area contributed by atoms with E-state index < -0.39 is 29.3 Å². The number of nitrogens with zero attached hydrogens (tertiary/aromatic N) is 2. The lowest BCUT2D eigenvalue weighted by Crippen LogP contribution is -2.51. The van der Waals surface area contributed by atoms with Gasteiger partial charge in [0.1, 0.15) is 11.3 Å². The van der Waals surface area contributed by atoms with Gasteiger partial charge in [0.05, 0.1) is 13.2 Å². The maximum atomic E-state index is 13.7. The van der Waals surface area contributed by atoms with Crippen LogP contribution in [0.1, 0.15) is 6.92 Å². The number of ether oxygens (including phenoxy) is 1. The van der Waals surface area contributed by atoms with Crippen LogP contribution in [-0.2, 0) is 14.3 Å². The molecule has 0 radical (unpaired) electrons. The zero-order chi connectivity index (χ0) is 20.5. The minimum atomic E-state index is -4.65. The predicted octanol–water partition coefficient (Wildman–Crippen LogP) is 0.812. The fraction of sp³-hybridized carbons (Fsp3) is 0.471. The normalized spacial score (nSPS) is 22.0. The van der Waals surface area contributed by atoms with Crippen LogP contribution in [0.5, 0.6) is 0 Å². The van der Waals surface area contributed by atoms with Gasteiger partial charge in [0, 0.05) is 31.9 Å². The minimum Gasteiger partial charge on any atom is -0.379 e. The quantitative estimate of drug-likeness (QED) is 0.403. The Morgan fingerprint density at radius 1 is 1.11 bits per heavy atom. The number of carbonyl (C=O) groups is 2. The maximum absolute atomic E-state index is 13.7. The Labute approximate surface area is 164 Å². The first kappa shape index (κ1) is 20.5. The molecule has 2 saturated heterocycles. The highest BCUT2D eigenvalue weighted by molar-refractivity contribution is 7.80. The third-order valence-corrected chi connectivity index (χ3v) is 4.81. The number of morpholine rings is 1. The van der Waals surface area contributed by atoms with Crippen LogP contribution in [0.4, 0.5) is 13.2 Å². The molecule has 0 unspecified atom stereocenters. The molecule has 3 rings (SSSR count). The van der Waals surface area contributed by atoms with E-state index in [4.69, 9.17) is 17.0 Å². The van der Waals surface area contributed by atoms with Crippen LogP contribution in [0.15, 0.2) is 34.7 Å². The second kappa shape index (κ2) is 8.02. The van der Waals surface area contributed by atoms with Crippen LogP contribution in [-0.4, -0.2) is 72.3 Å². The highest BCUT2D eigenvalue weighted by Crippen LogP contribution is 2.36. The molecule has 2 N–H and O–H groups in total. The Hall–Kier alpha value is -2.24. The Morgan fingerprint density at radius 3 is 2.29 bits per heavy atom. The molecule has 2 fully saturated rings. The van der Waals surface area contributed by atoms with Crippen molar-refractivity contribution in [2.24, 2.45) is 0 Å². The highest BCUT2D eigenvalue weighted by atomic mass is 32.1. The van der Waals surface area contributed by atoms with Gasteiger partial charge in [0.15, 0.2) is 5.11 Å². The van der Waals surface area contributed by atoms with E-state index in [1.807, 2.05) is 4.90 Å². The van der Waals surface area contributed by atoms with Crippen LogP contribution in [0.2, 0.25) is 0 Å². The van der Waals surface area contributed by atoms with Gasteiger partial charge in [-0.25, -0.2) is 0 Å². The monoisotopic (exact) mass is 416 g/mol. The number of rotatable bonds is 3. The molecular weight excluding hydrogens is 397 g/mol. The molecule has 7 nitrogen and oxygen atoms in total. The summed E-state index contributed by atoms with van der Waals surface area (Å²) in [7, 11) is 0. The third-order valence-electron chi connectivity index (χ3n) is 4.60. The molecule has 0 atom stereocenters. The van der Waals surface area contributed by atoms with Crippen LogP contribution in [0.25, 0.3) is 0 Å². The van der Waals surface area contributed by atoms with Crippen molar-refractivity contribution in [3.8, 4) is 0 Å². The number of alkyl halides is 3. The van der Waals surface area contributed by atoms with Crippen LogP contribution < -0.4 is 10.6 Å². The van der Waals surface area contributed by atoms with Crippen molar-refractivity contribution in [2.45, 2.75) is 13.1 Å². The van der Waals surface area contributed by atoms with Crippen molar-refractivity contribution in [3.05, 3.63) is 34.7 Å². The van der Waals surface area contributed by atoms with Crippen LogP contribution >= 0.6 is 12.2 Å². The largest absolute Gasteiger partial charge is 0.431 e. The Balaban J connectivity index is 1.90. The third kappa shape index (κ3) is 4.42. The molecule has 0 aromatic rings. The Kier molecular flexibility index (Phi) is 5.87. The fourth-order valence-corrected chi connectivity index (χ4v) is 3.42. The summed E-state index contributed by atoms with van der Waals surface area (Å²) in [4.78, 5) is 27.4. The second-order valence-electron chi connectivity index (χ2n) is 6.49. The van der Waals surface area contributed by atoms with Crippen molar-refractivity contribution in [3.63, 3.8) is 0 Å². The molecule has 2 amide bonds. The van der Waals surface area contributed by atoms with E-state index in [0.29, 0.717) is 38.5 Å². The Morgan fingerprint density at radius 2 is 1.71 bits per heavy atom. The molecule has 3 aliphatic heterocycles. The molecule has 152 valence electrons. The lowest BCUT2D eigenvalue weighted by molar-refractivity contribution is -0.123. The van der Waals surface area contributed by atoms with E-state index in [-0.39, 0.29) is 17.2 Å². The zero-order valence-electron chi connectivity index (χ0n) is 15.1. The molecule has 0 spiro atoms. The van der Waals surface area contributed by atoms with Crippen molar-refractivity contribution in [2.75, 3.05) is 39.4 Å². The van der Waals surface area contributed by atoms with Gasteiger partial charge in [-0.05, 0) is 36.9 Å². The molecule has 0 bridgehead atoms. The summed E-state index contributed by atoms with van der Waals surface area (Å²) in [5.74, 6) is -1.65. The second-order valence-corrected chi connectivity index (χ2v) is 6.89. The van der Waals surface area contributed by atoms with Gasteiger partial charge < -0.3 is 9.64 Å². The molecule has 3 heterocycles. The van der Waals surface area contributed by atoms with E-state index >= 15 is 0 Å². The van der Waals surface area contributed by atoms with Gasteiger partial charge in [-0.3, -0.25) is 25.1 Å². The number of hydrogen-bond acceptors (Lipinski definition) is 6. The van der Waals surface area contributed by atoms with E-state index in [2.05, 4.69) is 10.6 Å². The first-order valence-corrected chi connectivity index (χ1v) is 9.03. The van der Waals surface area contributed by atoms with Gasteiger partial charge in [-0.1, -0.05) is 0 Å². The van der Waals surface area contributed by atoms with Crippen molar-refractivity contribution >= 4 is 29.1 Å². The summed E-state index contributed by atoms with van der Waals surface area (Å²) in [5, 5.41) is 4.29. The summed E-state index contributed by atoms with van der Waals surface area (Å²) >= 11 is 4.72. The molecular formula is C17H19F3N4O3S. The standard InChI is InChI=1S/C17H19F3N4O3S/c1-10-8-11(13-14(25)21-16(28)22-15(13)26)9-12(17(18,19)20)24(10)3-2-23-4-6-27-7-5-23/h8-9H,2-7H2,1H3,(H2,21,22,25,26,28). The first-order chi connectivity index (χ1) is 13.2. The summed E-state index contributed by atoms with van der Waals surface area (Å²) in [6, 6.07) is 0. The summed E-state index contributed by atoms with van der Waals surface area (Å²) in [6.07, 6.45) is -2.42. The van der Waals surface area contributed by atoms with Gasteiger partial charge in [0.25, 0.3) is 11.8 Å². The molecule has 11 heteroatoms. The first-order valence-electron chi connectivity index (χ1n) is 8.62. The number of carbonyl (C=O) groups excluding carboxylic acids is 2. The SMILES string of the molecule is CC1=CC(=C2C(=O)NC(=S)NC2=O)C=C(C(F)(F)F)N1CCN1CCOCC1. The molecule has 0 aromatic carbocycles. The summed E-state index contributed by atoms with van der Waals surface area (Å²) in [6.45, 7) is 4.51. The maximum Gasteiger partial charge on any atom is 0.431 e. The lowest BCUT2D eigenvalue weighted by Gasteiger charge is -2.35. The number of allylic oxidation sites excluding steroid dienone is 5. The molecule has 0 saturated carbocycles. The van der Waals surface area contributed by atoms with Gasteiger partial charge in [-0.2, -0.15) is 13.2 Å². The van der Waals surface area contributed by atoms with Crippen molar-refractivity contribution in [1.29, 1.82) is 0 Å². The van der Waals surface area contributed by atoms with Crippen LogP contribution in [0.3, 0.4) is 0 Å². The predicted molar refractivity (Wildman–Crippen MR) is 97.8 cm³/mol. The number of amides is 2. The summed E-state index contributed by atoms with van der Waals surface area (Å²) in [5.41, 5.74) is -1.14. The van der Waals surface area contributed by atoms with Gasteiger partial charge >= 0.3 is 6.18 Å². The topological polar surface area (TPSA) is 73.9 Å². The van der Waals surface area contributed by atoms with Gasteiger partial charge in [-0.15, -0.1) is 0 Å². The molecule has 3 aliphatic rings. The smallest absolute Gasteiger partial charge is 0.379 e.